The van der Waals surface area contributed by atoms with Crippen LogP contribution >= 0.6 is 11.8 Å². The van der Waals surface area contributed by atoms with Crippen LogP contribution < -0.4 is 4.74 Å². The standard InChI is InChI=1S/C31H43NO6S/c1-7-9-10-22(4)28(29(33)34)24-17-26(14-11-21(3)8-2)38-31(18-24,37-6)27-20-39-30(35)32(27)19-23-12-15-25(36-5)16-13-23/h7-8,12-13,15-16,21,24,26-27H,1-2,9-11,14,17-20H2,3-6H3,(H,33,34)/t21-,24-,26-,27+,31-/m1/s1. The molecular formula is C31H43NO6S. The Morgan fingerprint density at radius 2 is 2.03 bits per heavy atom. The monoisotopic (exact) mass is 557 g/mol. The molecule has 3 rings (SSSR count). The van der Waals surface area contributed by atoms with Gasteiger partial charge in [0.1, 0.15) is 5.75 Å². The minimum absolute atomic E-state index is 0.0361. The Kier molecular flexibility index (Phi) is 11.3. The van der Waals surface area contributed by atoms with Crippen LogP contribution in [-0.2, 0) is 20.8 Å². The van der Waals surface area contributed by atoms with E-state index in [-0.39, 0.29) is 23.3 Å². The Bertz CT molecular complexity index is 1050. The van der Waals surface area contributed by atoms with Gasteiger partial charge in [-0.3, -0.25) is 4.79 Å². The van der Waals surface area contributed by atoms with Gasteiger partial charge in [0.2, 0.25) is 0 Å². The summed E-state index contributed by atoms with van der Waals surface area (Å²) in [6.07, 6.45) is 7.45. The first-order valence-corrected chi connectivity index (χ1v) is 14.6. The molecule has 5 atom stereocenters. The Morgan fingerprint density at radius 3 is 2.62 bits per heavy atom. The second kappa shape index (κ2) is 14.2. The van der Waals surface area contributed by atoms with Gasteiger partial charge in [-0.25, -0.2) is 4.79 Å². The van der Waals surface area contributed by atoms with Crippen molar-refractivity contribution in [3.8, 4) is 5.75 Å². The number of carboxylic acid groups (broad SMARTS) is 1. The third-order valence-electron chi connectivity index (χ3n) is 7.95. The topological polar surface area (TPSA) is 85.3 Å². The summed E-state index contributed by atoms with van der Waals surface area (Å²) in [5.74, 6) is -0.735. The molecule has 0 saturated carbocycles. The number of thioether (sulfide) groups is 1. The number of carboxylic acids is 1. The molecule has 2 aliphatic rings. The van der Waals surface area contributed by atoms with E-state index in [9.17, 15) is 14.7 Å². The lowest BCUT2D eigenvalue weighted by atomic mass is 9.78. The molecule has 2 heterocycles. The van der Waals surface area contributed by atoms with Crippen LogP contribution in [0.2, 0.25) is 0 Å². The number of aliphatic carboxylic acids is 1. The molecule has 214 valence electrons. The molecular weight excluding hydrogens is 514 g/mol. The molecule has 0 bridgehead atoms. The highest BCUT2D eigenvalue weighted by molar-refractivity contribution is 8.13. The van der Waals surface area contributed by atoms with Crippen LogP contribution in [-0.4, -0.2) is 59.1 Å². The van der Waals surface area contributed by atoms with Gasteiger partial charge in [0.25, 0.3) is 5.24 Å². The van der Waals surface area contributed by atoms with E-state index in [2.05, 4.69) is 20.1 Å². The number of amides is 1. The van der Waals surface area contributed by atoms with Crippen molar-refractivity contribution in [2.45, 2.75) is 76.9 Å². The Morgan fingerprint density at radius 1 is 1.31 bits per heavy atom. The maximum atomic E-state index is 13.1. The largest absolute Gasteiger partial charge is 0.497 e. The van der Waals surface area contributed by atoms with Crippen LogP contribution in [0.5, 0.6) is 5.75 Å². The van der Waals surface area contributed by atoms with E-state index in [0.29, 0.717) is 49.5 Å². The highest BCUT2D eigenvalue weighted by Gasteiger charge is 2.54. The minimum Gasteiger partial charge on any atom is -0.497 e. The van der Waals surface area contributed by atoms with Crippen molar-refractivity contribution in [3.05, 3.63) is 66.3 Å². The van der Waals surface area contributed by atoms with Gasteiger partial charge in [0.05, 0.1) is 19.3 Å². The summed E-state index contributed by atoms with van der Waals surface area (Å²) < 4.78 is 18.2. The van der Waals surface area contributed by atoms with Crippen molar-refractivity contribution in [2.75, 3.05) is 20.0 Å². The Hall–Kier alpha value is -2.55. The first-order chi connectivity index (χ1) is 18.7. The highest BCUT2D eigenvalue weighted by Crippen LogP contribution is 2.46. The van der Waals surface area contributed by atoms with Crippen LogP contribution in [0, 0.1) is 11.8 Å². The summed E-state index contributed by atoms with van der Waals surface area (Å²) in [7, 11) is 3.23. The molecule has 1 amide bonds. The molecule has 0 radical (unpaired) electrons. The molecule has 39 heavy (non-hydrogen) atoms. The van der Waals surface area contributed by atoms with Crippen LogP contribution in [0.25, 0.3) is 0 Å². The summed E-state index contributed by atoms with van der Waals surface area (Å²) in [4.78, 5) is 27.5. The van der Waals surface area contributed by atoms with E-state index in [0.717, 1.165) is 29.7 Å². The molecule has 0 unspecified atom stereocenters. The van der Waals surface area contributed by atoms with Crippen molar-refractivity contribution in [2.24, 2.45) is 11.8 Å². The number of ether oxygens (including phenoxy) is 3. The first kappa shape index (κ1) is 31.0. The number of hydrogen-bond acceptors (Lipinski definition) is 6. The quantitative estimate of drug-likeness (QED) is 0.198. The average molecular weight is 558 g/mol. The van der Waals surface area contributed by atoms with Crippen LogP contribution in [0.15, 0.2) is 60.7 Å². The van der Waals surface area contributed by atoms with Crippen molar-refractivity contribution >= 4 is 23.0 Å². The number of hydrogen-bond donors (Lipinski definition) is 1. The zero-order valence-electron chi connectivity index (χ0n) is 23.7. The third kappa shape index (κ3) is 7.56. The maximum Gasteiger partial charge on any atom is 0.331 e. The molecule has 0 aromatic heterocycles. The number of nitrogens with zero attached hydrogens (tertiary/aromatic N) is 1. The lowest BCUT2D eigenvalue weighted by Gasteiger charge is -2.49. The molecule has 1 aromatic carbocycles. The van der Waals surface area contributed by atoms with Crippen LogP contribution in [0.3, 0.4) is 0 Å². The first-order valence-electron chi connectivity index (χ1n) is 13.6. The van der Waals surface area contributed by atoms with Crippen molar-refractivity contribution in [3.63, 3.8) is 0 Å². The van der Waals surface area contributed by atoms with Gasteiger partial charge in [0.15, 0.2) is 5.79 Å². The summed E-state index contributed by atoms with van der Waals surface area (Å²) in [5.41, 5.74) is 2.25. The fourth-order valence-electron chi connectivity index (χ4n) is 5.64. The molecule has 1 aromatic rings. The molecule has 2 aliphatic heterocycles. The van der Waals surface area contributed by atoms with E-state index < -0.39 is 11.8 Å². The fraction of sp³-hybridized carbons (Fsp3) is 0.548. The van der Waals surface area contributed by atoms with E-state index in [1.807, 2.05) is 48.2 Å². The minimum atomic E-state index is -1.13. The third-order valence-corrected chi connectivity index (χ3v) is 8.92. The van der Waals surface area contributed by atoms with E-state index in [1.165, 1.54) is 11.8 Å². The molecule has 0 aliphatic carbocycles. The summed E-state index contributed by atoms with van der Waals surface area (Å²) in [6.45, 7) is 12.1. The zero-order valence-corrected chi connectivity index (χ0v) is 24.5. The van der Waals surface area contributed by atoms with E-state index in [1.54, 1.807) is 14.2 Å². The lowest BCUT2D eigenvalue weighted by molar-refractivity contribution is -0.297. The molecule has 8 heteroatoms. The smallest absolute Gasteiger partial charge is 0.331 e. The van der Waals surface area contributed by atoms with Gasteiger partial charge in [0, 0.05) is 31.4 Å². The molecule has 7 nitrogen and oxygen atoms in total. The summed E-state index contributed by atoms with van der Waals surface area (Å²) >= 11 is 1.25. The second-order valence-electron chi connectivity index (χ2n) is 10.6. The predicted octanol–water partition coefficient (Wildman–Crippen LogP) is 6.84. The number of benzene rings is 1. The number of rotatable bonds is 14. The molecule has 0 spiro atoms. The van der Waals surface area contributed by atoms with Crippen LogP contribution in [0.4, 0.5) is 4.79 Å². The van der Waals surface area contributed by atoms with Crippen molar-refractivity contribution in [1.82, 2.24) is 4.90 Å². The van der Waals surface area contributed by atoms with E-state index in [4.69, 9.17) is 14.2 Å². The summed E-state index contributed by atoms with van der Waals surface area (Å²) in [6, 6.07) is 7.29. The Labute approximate surface area is 237 Å². The Balaban J connectivity index is 1.98. The number of carbonyl (C=O) groups is 2. The van der Waals surface area contributed by atoms with Crippen molar-refractivity contribution in [1.29, 1.82) is 0 Å². The van der Waals surface area contributed by atoms with Gasteiger partial charge in [-0.15, -0.1) is 13.2 Å². The summed E-state index contributed by atoms with van der Waals surface area (Å²) in [5, 5.41) is 10.3. The lowest BCUT2D eigenvalue weighted by Crippen LogP contribution is -2.59. The average Bonchev–Trinajstić information content (AvgIpc) is 3.30. The fourth-order valence-corrected chi connectivity index (χ4v) is 6.74. The van der Waals surface area contributed by atoms with Gasteiger partial charge in [-0.2, -0.15) is 0 Å². The maximum absolute atomic E-state index is 13.1. The molecule has 2 saturated heterocycles. The normalized spacial score (nSPS) is 26.6. The highest BCUT2D eigenvalue weighted by atomic mass is 32.2. The van der Waals surface area contributed by atoms with E-state index >= 15 is 0 Å². The van der Waals surface area contributed by atoms with Gasteiger partial charge < -0.3 is 24.2 Å². The molecule has 2 fully saturated rings. The number of methoxy groups -OCH3 is 2. The van der Waals surface area contributed by atoms with Gasteiger partial charge in [-0.1, -0.05) is 48.5 Å². The number of carbonyl (C=O) groups excluding carboxylic acids is 1. The second-order valence-corrected chi connectivity index (χ2v) is 11.5. The number of allylic oxidation sites excluding steroid dienone is 3. The van der Waals surface area contributed by atoms with Gasteiger partial charge >= 0.3 is 5.97 Å². The zero-order chi connectivity index (χ0) is 28.6. The van der Waals surface area contributed by atoms with Crippen molar-refractivity contribution < 1.29 is 28.9 Å². The van der Waals surface area contributed by atoms with Crippen LogP contribution in [0.1, 0.15) is 57.9 Å². The van der Waals surface area contributed by atoms with Gasteiger partial charge in [-0.05, 0) is 68.6 Å². The predicted molar refractivity (Wildman–Crippen MR) is 156 cm³/mol. The molecule has 1 N–H and O–H groups in total. The SMILES string of the molecule is C=CCCC(C)=C(C(=O)O)[C@@H]1C[C@@H](CC[C@H](C)C=C)O[C@@](OC)([C@@H]2CSC(=O)N2Cc2ccc(OC)cc2)C1.